The van der Waals surface area contributed by atoms with Crippen molar-refractivity contribution in [3.8, 4) is 0 Å². The molecule has 4 nitrogen and oxygen atoms in total. The lowest BCUT2D eigenvalue weighted by Gasteiger charge is -2.36. The third-order valence-electron chi connectivity index (χ3n) is 4.49. The minimum atomic E-state index is -3.37. The Labute approximate surface area is 128 Å². The van der Waals surface area contributed by atoms with E-state index < -0.39 is 10.0 Å². The topological polar surface area (TPSA) is 49.4 Å². The summed E-state index contributed by atoms with van der Waals surface area (Å²) in [6.07, 6.45) is 3.75. The highest BCUT2D eigenvalue weighted by Crippen LogP contribution is 2.31. The van der Waals surface area contributed by atoms with Gasteiger partial charge in [-0.1, -0.05) is 26.3 Å². The summed E-state index contributed by atoms with van der Waals surface area (Å²) >= 11 is 0. The zero-order valence-electron chi connectivity index (χ0n) is 13.3. The molecule has 0 spiro atoms. The number of rotatable bonds is 4. The van der Waals surface area contributed by atoms with Crippen LogP contribution in [0.1, 0.15) is 33.1 Å². The summed E-state index contributed by atoms with van der Waals surface area (Å²) in [5.41, 5.74) is 0.892. The standard InChI is InChI=1S/C16H26N2O2S/c1-12-7-5-8-13(2)16(12)17-14-9-6-10-15(11-14)21(19,20)18(3)4/h6,9-13,16-17H,5,7-8H2,1-4H3. The van der Waals surface area contributed by atoms with Crippen LogP contribution in [0.25, 0.3) is 0 Å². The highest BCUT2D eigenvalue weighted by molar-refractivity contribution is 7.89. The SMILES string of the molecule is CC1CCCC(C)C1Nc1cccc(S(=O)(=O)N(C)C)c1. The smallest absolute Gasteiger partial charge is 0.242 e. The second kappa shape index (κ2) is 6.36. The molecule has 0 bridgehead atoms. The summed E-state index contributed by atoms with van der Waals surface area (Å²) in [4.78, 5) is 0.341. The molecule has 21 heavy (non-hydrogen) atoms. The normalized spacial score (nSPS) is 26.8. The maximum Gasteiger partial charge on any atom is 0.242 e. The predicted octanol–water partition coefficient (Wildman–Crippen LogP) is 3.17. The first-order chi connectivity index (χ1) is 9.82. The molecule has 1 aliphatic carbocycles. The van der Waals surface area contributed by atoms with Gasteiger partial charge < -0.3 is 5.32 Å². The van der Waals surface area contributed by atoms with Crippen LogP contribution in [-0.4, -0.2) is 32.9 Å². The Morgan fingerprint density at radius 2 is 1.76 bits per heavy atom. The zero-order valence-corrected chi connectivity index (χ0v) is 14.2. The van der Waals surface area contributed by atoms with Crippen molar-refractivity contribution in [2.75, 3.05) is 19.4 Å². The summed E-state index contributed by atoms with van der Waals surface area (Å²) in [5, 5.41) is 3.55. The predicted molar refractivity (Wildman–Crippen MR) is 86.9 cm³/mol. The van der Waals surface area contributed by atoms with Crippen LogP contribution < -0.4 is 5.32 Å². The van der Waals surface area contributed by atoms with Crippen molar-refractivity contribution in [1.82, 2.24) is 4.31 Å². The largest absolute Gasteiger partial charge is 0.382 e. The Balaban J connectivity index is 2.22. The van der Waals surface area contributed by atoms with Gasteiger partial charge in [0.2, 0.25) is 10.0 Å². The van der Waals surface area contributed by atoms with Gasteiger partial charge in [-0.15, -0.1) is 0 Å². The van der Waals surface area contributed by atoms with Gasteiger partial charge in [-0.05, 0) is 42.9 Å². The molecule has 0 saturated heterocycles. The first-order valence-electron chi connectivity index (χ1n) is 7.61. The third kappa shape index (κ3) is 3.58. The lowest BCUT2D eigenvalue weighted by Crippen LogP contribution is -2.37. The Morgan fingerprint density at radius 3 is 2.33 bits per heavy atom. The van der Waals surface area contributed by atoms with Crippen molar-refractivity contribution >= 4 is 15.7 Å². The first kappa shape index (κ1) is 16.3. The van der Waals surface area contributed by atoms with Gasteiger partial charge >= 0.3 is 0 Å². The van der Waals surface area contributed by atoms with Crippen LogP contribution in [0.4, 0.5) is 5.69 Å². The summed E-state index contributed by atoms with van der Waals surface area (Å²) in [6.45, 7) is 4.54. The number of sulfonamides is 1. The summed E-state index contributed by atoms with van der Waals surface area (Å²) < 4.78 is 25.7. The fourth-order valence-electron chi connectivity index (χ4n) is 3.12. The van der Waals surface area contributed by atoms with E-state index >= 15 is 0 Å². The molecule has 1 N–H and O–H groups in total. The Hall–Kier alpha value is -1.07. The fourth-order valence-corrected chi connectivity index (χ4v) is 4.06. The molecule has 1 aromatic rings. The molecule has 2 unspecified atom stereocenters. The van der Waals surface area contributed by atoms with E-state index in [1.165, 1.54) is 23.6 Å². The highest BCUT2D eigenvalue weighted by Gasteiger charge is 2.27. The van der Waals surface area contributed by atoms with Gasteiger partial charge in [-0.2, -0.15) is 0 Å². The Bertz CT molecular complexity index is 574. The molecule has 1 aromatic carbocycles. The molecule has 1 aliphatic rings. The van der Waals surface area contributed by atoms with E-state index in [1.807, 2.05) is 6.07 Å². The molecule has 0 aliphatic heterocycles. The van der Waals surface area contributed by atoms with E-state index in [-0.39, 0.29) is 0 Å². The minimum Gasteiger partial charge on any atom is -0.382 e. The lowest BCUT2D eigenvalue weighted by atomic mass is 9.78. The lowest BCUT2D eigenvalue weighted by molar-refractivity contribution is 0.268. The summed E-state index contributed by atoms with van der Waals surface area (Å²) in [6, 6.07) is 7.55. The number of nitrogens with zero attached hydrogens (tertiary/aromatic N) is 1. The van der Waals surface area contributed by atoms with E-state index in [9.17, 15) is 8.42 Å². The second-order valence-electron chi connectivity index (χ2n) is 6.37. The number of hydrogen-bond donors (Lipinski definition) is 1. The summed E-state index contributed by atoms with van der Waals surface area (Å²) in [7, 11) is -0.261. The van der Waals surface area contributed by atoms with Crippen LogP contribution in [0, 0.1) is 11.8 Å². The van der Waals surface area contributed by atoms with E-state index in [1.54, 1.807) is 32.3 Å². The molecule has 0 aromatic heterocycles. The average molecular weight is 310 g/mol. The van der Waals surface area contributed by atoms with E-state index in [4.69, 9.17) is 0 Å². The monoisotopic (exact) mass is 310 g/mol. The maximum absolute atomic E-state index is 12.2. The van der Waals surface area contributed by atoms with Crippen LogP contribution in [0.3, 0.4) is 0 Å². The van der Waals surface area contributed by atoms with Crippen molar-refractivity contribution in [2.45, 2.75) is 44.0 Å². The van der Waals surface area contributed by atoms with Gasteiger partial charge in [0.05, 0.1) is 4.90 Å². The molecule has 0 amide bonds. The zero-order chi connectivity index (χ0) is 15.6. The van der Waals surface area contributed by atoms with Crippen molar-refractivity contribution in [3.05, 3.63) is 24.3 Å². The van der Waals surface area contributed by atoms with Crippen molar-refractivity contribution < 1.29 is 8.42 Å². The molecule has 0 heterocycles. The number of benzene rings is 1. The van der Waals surface area contributed by atoms with Crippen molar-refractivity contribution in [1.29, 1.82) is 0 Å². The molecular weight excluding hydrogens is 284 g/mol. The van der Waals surface area contributed by atoms with Crippen LogP contribution in [0.15, 0.2) is 29.2 Å². The molecular formula is C16H26N2O2S. The fraction of sp³-hybridized carbons (Fsp3) is 0.625. The van der Waals surface area contributed by atoms with Gasteiger partial charge in [-0.25, -0.2) is 12.7 Å². The van der Waals surface area contributed by atoms with Crippen LogP contribution in [0.2, 0.25) is 0 Å². The quantitative estimate of drug-likeness (QED) is 0.929. The van der Waals surface area contributed by atoms with Gasteiger partial charge in [-0.3, -0.25) is 0 Å². The average Bonchev–Trinajstić information content (AvgIpc) is 2.43. The van der Waals surface area contributed by atoms with Gasteiger partial charge in [0, 0.05) is 25.8 Å². The number of nitrogens with one attached hydrogen (secondary N) is 1. The molecule has 2 atom stereocenters. The molecule has 118 valence electrons. The highest BCUT2D eigenvalue weighted by atomic mass is 32.2. The molecule has 2 rings (SSSR count). The first-order valence-corrected chi connectivity index (χ1v) is 9.05. The van der Waals surface area contributed by atoms with Crippen LogP contribution in [-0.2, 0) is 10.0 Å². The van der Waals surface area contributed by atoms with Crippen LogP contribution >= 0.6 is 0 Å². The molecule has 0 radical (unpaired) electrons. The van der Waals surface area contributed by atoms with Gasteiger partial charge in [0.1, 0.15) is 0 Å². The number of hydrogen-bond acceptors (Lipinski definition) is 3. The summed E-state index contributed by atoms with van der Waals surface area (Å²) in [5.74, 6) is 1.23. The van der Waals surface area contributed by atoms with Crippen molar-refractivity contribution in [3.63, 3.8) is 0 Å². The molecule has 5 heteroatoms. The van der Waals surface area contributed by atoms with Gasteiger partial charge in [0.15, 0.2) is 0 Å². The van der Waals surface area contributed by atoms with Crippen LogP contribution in [0.5, 0.6) is 0 Å². The van der Waals surface area contributed by atoms with E-state index in [0.717, 1.165) is 5.69 Å². The molecule has 1 saturated carbocycles. The van der Waals surface area contributed by atoms with Gasteiger partial charge in [0.25, 0.3) is 0 Å². The van der Waals surface area contributed by atoms with Crippen molar-refractivity contribution in [2.24, 2.45) is 11.8 Å². The Kier molecular flexibility index (Phi) is 4.94. The van der Waals surface area contributed by atoms with E-state index in [0.29, 0.717) is 22.8 Å². The Morgan fingerprint density at radius 1 is 1.14 bits per heavy atom. The third-order valence-corrected chi connectivity index (χ3v) is 6.30. The maximum atomic E-state index is 12.2. The number of anilines is 1. The van der Waals surface area contributed by atoms with E-state index in [2.05, 4.69) is 19.2 Å². The second-order valence-corrected chi connectivity index (χ2v) is 8.52. The molecule has 1 fully saturated rings. The minimum absolute atomic E-state index is 0.341.